The van der Waals surface area contributed by atoms with Crippen LogP contribution in [0.2, 0.25) is 0 Å². The van der Waals surface area contributed by atoms with Crippen LogP contribution in [0, 0.1) is 5.41 Å². The van der Waals surface area contributed by atoms with Gasteiger partial charge in [0.2, 0.25) is 0 Å². The Morgan fingerprint density at radius 1 is 1.22 bits per heavy atom. The number of halogens is 3. The van der Waals surface area contributed by atoms with E-state index >= 15 is 0 Å². The van der Waals surface area contributed by atoms with Crippen LogP contribution in [0.5, 0.6) is 0 Å². The monoisotopic (exact) mass is 266 g/mol. The van der Waals surface area contributed by atoms with E-state index in [4.69, 9.17) is 0 Å². The lowest BCUT2D eigenvalue weighted by Crippen LogP contribution is -2.48. The minimum Gasteiger partial charge on any atom is -0.380 e. The first-order chi connectivity index (χ1) is 8.24. The summed E-state index contributed by atoms with van der Waals surface area (Å²) in [4.78, 5) is 2.19. The van der Waals surface area contributed by atoms with E-state index in [9.17, 15) is 18.3 Å². The maximum atomic E-state index is 12.8. The van der Waals surface area contributed by atoms with Crippen molar-refractivity contribution in [3.8, 4) is 0 Å². The van der Waals surface area contributed by atoms with Gasteiger partial charge in [-0.1, -0.05) is 6.92 Å². The largest absolute Gasteiger partial charge is 0.417 e. The topological polar surface area (TPSA) is 35.5 Å². The zero-order valence-electron chi connectivity index (χ0n) is 10.7. The van der Waals surface area contributed by atoms with Crippen molar-refractivity contribution in [3.05, 3.63) is 0 Å². The normalized spacial score (nSPS) is 39.2. The molecule has 0 aromatic heterocycles. The lowest BCUT2D eigenvalue weighted by atomic mass is 9.85. The number of hydrogen-bond acceptors (Lipinski definition) is 3. The highest BCUT2D eigenvalue weighted by molar-refractivity contribution is 5.01. The molecule has 0 aromatic carbocycles. The summed E-state index contributed by atoms with van der Waals surface area (Å²) in [6.45, 7) is 6.03. The second-order valence-electron chi connectivity index (χ2n) is 6.04. The molecule has 0 amide bonds. The Labute approximate surface area is 105 Å². The number of hydrogen-bond donors (Lipinski definition) is 2. The van der Waals surface area contributed by atoms with Crippen LogP contribution >= 0.6 is 0 Å². The van der Waals surface area contributed by atoms with Gasteiger partial charge in [-0.15, -0.1) is 0 Å². The van der Waals surface area contributed by atoms with Crippen LogP contribution in [-0.2, 0) is 0 Å². The van der Waals surface area contributed by atoms with Crippen molar-refractivity contribution in [2.45, 2.75) is 38.0 Å². The van der Waals surface area contributed by atoms with E-state index in [-0.39, 0.29) is 12.8 Å². The molecule has 2 unspecified atom stereocenters. The van der Waals surface area contributed by atoms with Gasteiger partial charge < -0.3 is 15.3 Å². The first kappa shape index (κ1) is 14.1. The Bertz CT molecular complexity index is 304. The van der Waals surface area contributed by atoms with Crippen LogP contribution in [0.4, 0.5) is 13.2 Å². The van der Waals surface area contributed by atoms with Crippen LogP contribution in [0.1, 0.15) is 26.2 Å². The Morgan fingerprint density at radius 2 is 1.83 bits per heavy atom. The molecule has 1 aliphatic carbocycles. The molecule has 0 radical (unpaired) electrons. The number of piperazine rings is 1. The molecular weight excluding hydrogens is 245 g/mol. The minimum atomic E-state index is -4.51. The summed E-state index contributed by atoms with van der Waals surface area (Å²) in [5.41, 5.74) is -2.91. The Hall–Kier alpha value is -0.330. The van der Waals surface area contributed by atoms with Gasteiger partial charge in [-0.2, -0.15) is 13.2 Å². The number of alkyl halides is 3. The second-order valence-corrected chi connectivity index (χ2v) is 6.04. The quantitative estimate of drug-likeness (QED) is 0.792. The van der Waals surface area contributed by atoms with E-state index in [1.165, 1.54) is 0 Å². The van der Waals surface area contributed by atoms with Gasteiger partial charge >= 0.3 is 6.18 Å². The van der Waals surface area contributed by atoms with Crippen LogP contribution < -0.4 is 5.32 Å². The third-order valence-corrected chi connectivity index (χ3v) is 4.20. The highest BCUT2D eigenvalue weighted by Gasteiger charge is 2.60. The highest BCUT2D eigenvalue weighted by atomic mass is 19.4. The third kappa shape index (κ3) is 2.81. The summed E-state index contributed by atoms with van der Waals surface area (Å²) in [5.74, 6) is 0. The Morgan fingerprint density at radius 3 is 2.33 bits per heavy atom. The summed E-state index contributed by atoms with van der Waals surface area (Å²) in [6, 6.07) is 0. The van der Waals surface area contributed by atoms with Gasteiger partial charge in [-0.3, -0.25) is 0 Å². The minimum absolute atomic E-state index is 0.168. The van der Waals surface area contributed by atoms with Crippen molar-refractivity contribution < 1.29 is 18.3 Å². The molecule has 2 aliphatic rings. The van der Waals surface area contributed by atoms with Crippen molar-refractivity contribution >= 4 is 0 Å². The van der Waals surface area contributed by atoms with Gasteiger partial charge in [-0.05, 0) is 24.7 Å². The zero-order valence-corrected chi connectivity index (χ0v) is 10.7. The fraction of sp³-hybridized carbons (Fsp3) is 1.00. The zero-order chi connectivity index (χ0) is 13.4. The smallest absolute Gasteiger partial charge is 0.380 e. The SMILES string of the molecule is CC1(CN2CCNCC2)CCC(O)(C(F)(F)F)C1. The van der Waals surface area contributed by atoms with Gasteiger partial charge in [0.05, 0.1) is 0 Å². The maximum absolute atomic E-state index is 12.8. The molecule has 0 spiro atoms. The van der Waals surface area contributed by atoms with Crippen LogP contribution in [0.15, 0.2) is 0 Å². The first-order valence-electron chi connectivity index (χ1n) is 6.46. The lowest BCUT2D eigenvalue weighted by molar-refractivity contribution is -0.259. The number of rotatable bonds is 2. The van der Waals surface area contributed by atoms with Crippen LogP contribution in [0.3, 0.4) is 0 Å². The van der Waals surface area contributed by atoms with E-state index in [2.05, 4.69) is 10.2 Å². The summed E-state index contributed by atoms with van der Waals surface area (Å²) in [7, 11) is 0. The van der Waals surface area contributed by atoms with E-state index < -0.39 is 17.2 Å². The fourth-order valence-corrected chi connectivity index (χ4v) is 3.18. The molecule has 1 saturated heterocycles. The molecule has 2 N–H and O–H groups in total. The molecule has 0 bridgehead atoms. The van der Waals surface area contributed by atoms with Crippen molar-refractivity contribution in [3.63, 3.8) is 0 Å². The van der Waals surface area contributed by atoms with Gasteiger partial charge in [0.25, 0.3) is 0 Å². The fourth-order valence-electron chi connectivity index (χ4n) is 3.18. The average Bonchev–Trinajstić information content (AvgIpc) is 2.56. The average molecular weight is 266 g/mol. The molecule has 2 fully saturated rings. The number of aliphatic hydroxyl groups is 1. The van der Waals surface area contributed by atoms with Crippen molar-refractivity contribution in [1.82, 2.24) is 10.2 Å². The molecular formula is C12H21F3N2O. The summed E-state index contributed by atoms with van der Waals surface area (Å²) in [5, 5.41) is 13.0. The first-order valence-corrected chi connectivity index (χ1v) is 6.46. The predicted octanol–water partition coefficient (Wildman–Crippen LogP) is 1.38. The number of nitrogens with one attached hydrogen (secondary N) is 1. The standard InChI is InChI=1S/C12H21F3N2O/c1-10(9-17-6-4-16-5-7-17)2-3-11(18,8-10)12(13,14)15/h16,18H,2-9H2,1H3. The van der Waals surface area contributed by atoms with E-state index in [0.29, 0.717) is 13.0 Å². The van der Waals surface area contributed by atoms with Crippen molar-refractivity contribution in [1.29, 1.82) is 0 Å². The highest BCUT2D eigenvalue weighted by Crippen LogP contribution is 2.51. The van der Waals surface area contributed by atoms with Crippen molar-refractivity contribution in [2.75, 3.05) is 32.7 Å². The predicted molar refractivity (Wildman–Crippen MR) is 62.3 cm³/mol. The third-order valence-electron chi connectivity index (χ3n) is 4.20. The van der Waals surface area contributed by atoms with Gasteiger partial charge in [0.1, 0.15) is 0 Å². The summed E-state index contributed by atoms with van der Waals surface area (Å²) >= 11 is 0. The molecule has 0 aromatic rings. The molecule has 1 aliphatic heterocycles. The lowest BCUT2D eigenvalue weighted by Gasteiger charge is -2.36. The molecule has 2 atom stereocenters. The Kier molecular flexibility index (Phi) is 3.64. The van der Waals surface area contributed by atoms with Gasteiger partial charge in [0, 0.05) is 32.7 Å². The second kappa shape index (κ2) is 4.65. The molecule has 2 rings (SSSR count). The van der Waals surface area contributed by atoms with Crippen LogP contribution in [-0.4, -0.2) is 54.5 Å². The van der Waals surface area contributed by atoms with Gasteiger partial charge in [0.15, 0.2) is 5.60 Å². The van der Waals surface area contributed by atoms with E-state index in [1.807, 2.05) is 6.92 Å². The Balaban J connectivity index is 1.97. The summed E-state index contributed by atoms with van der Waals surface area (Å²) in [6.07, 6.45) is -4.41. The molecule has 1 heterocycles. The summed E-state index contributed by atoms with van der Waals surface area (Å²) < 4.78 is 38.4. The van der Waals surface area contributed by atoms with Crippen molar-refractivity contribution in [2.24, 2.45) is 5.41 Å². The molecule has 3 nitrogen and oxygen atoms in total. The molecule has 18 heavy (non-hydrogen) atoms. The molecule has 1 saturated carbocycles. The molecule has 106 valence electrons. The maximum Gasteiger partial charge on any atom is 0.417 e. The number of nitrogens with zero attached hydrogens (tertiary/aromatic N) is 1. The molecule has 6 heteroatoms. The van der Waals surface area contributed by atoms with Gasteiger partial charge in [-0.25, -0.2) is 0 Å². The van der Waals surface area contributed by atoms with E-state index in [0.717, 1.165) is 26.2 Å². The van der Waals surface area contributed by atoms with E-state index in [1.54, 1.807) is 0 Å². The van der Waals surface area contributed by atoms with Crippen LogP contribution in [0.25, 0.3) is 0 Å².